The Labute approximate surface area is 210 Å². The number of ether oxygens (including phenoxy) is 4. The summed E-state index contributed by atoms with van der Waals surface area (Å²) in [5, 5.41) is 0. The Hall–Kier alpha value is -1.63. The van der Waals surface area contributed by atoms with E-state index in [1.807, 2.05) is 12.1 Å². The van der Waals surface area contributed by atoms with E-state index in [4.69, 9.17) is 18.9 Å². The number of hydrogen-bond donors (Lipinski definition) is 0. The van der Waals surface area contributed by atoms with Crippen LogP contribution >= 0.6 is 7.81 Å². The van der Waals surface area contributed by atoms with Gasteiger partial charge in [0, 0.05) is 18.2 Å². The molecule has 0 spiro atoms. The number of esters is 1. The summed E-state index contributed by atoms with van der Waals surface area (Å²) < 4.78 is 82.6. The van der Waals surface area contributed by atoms with Gasteiger partial charge in [0.05, 0.1) is 19.8 Å². The van der Waals surface area contributed by atoms with Crippen LogP contribution in [0.2, 0.25) is 0 Å². The van der Waals surface area contributed by atoms with Crippen molar-refractivity contribution in [2.75, 3.05) is 40.1 Å². The van der Waals surface area contributed by atoms with Crippen molar-refractivity contribution in [2.24, 2.45) is 0 Å². The Morgan fingerprint density at radius 1 is 0.857 bits per heavy atom. The summed E-state index contributed by atoms with van der Waals surface area (Å²) in [6.07, 6.45) is 0. The fourth-order valence-electron chi connectivity index (χ4n) is 2.66. The fraction of sp³-hybridized carbons (Fsp3) is 0.409. The van der Waals surface area contributed by atoms with Crippen LogP contribution in [0, 0.1) is 27.9 Å². The summed E-state index contributed by atoms with van der Waals surface area (Å²) in [7, 11) is -9.05. The molecule has 0 unspecified atom stereocenters. The second kappa shape index (κ2) is 12.6. The summed E-state index contributed by atoms with van der Waals surface area (Å²) in [5.74, 6) is 0.260. The molecule has 2 rings (SSSR count). The van der Waals surface area contributed by atoms with Crippen LogP contribution in [-0.4, -0.2) is 46.1 Å². The van der Waals surface area contributed by atoms with Gasteiger partial charge in [0.1, 0.15) is 12.4 Å². The molecule has 0 aliphatic heterocycles. The molecule has 0 aliphatic rings. The van der Waals surface area contributed by atoms with Crippen LogP contribution < -0.4 is 25.9 Å². The monoisotopic (exact) mass is 644 g/mol. The van der Waals surface area contributed by atoms with E-state index in [1.54, 1.807) is 7.11 Å². The van der Waals surface area contributed by atoms with Gasteiger partial charge in [-0.05, 0) is 45.0 Å². The number of rotatable bonds is 11. The molecule has 0 N–H and O–H groups in total. The maximum atomic E-state index is 11.7. The van der Waals surface area contributed by atoms with E-state index in [0.29, 0.717) is 25.6 Å². The fourth-order valence-corrected chi connectivity index (χ4v) is 5.16. The van der Waals surface area contributed by atoms with Crippen LogP contribution in [0.3, 0.4) is 0 Å². The molecular formula is C22H28F6IO5P. The van der Waals surface area contributed by atoms with E-state index in [2.05, 4.69) is 45.0 Å². The van der Waals surface area contributed by atoms with E-state index in [-0.39, 0.29) is 34.4 Å². The number of carbonyl (C=O) groups excluding carboxylic acids is 1. The Morgan fingerprint density at radius 2 is 1.37 bits per heavy atom. The molecule has 0 amide bonds. The summed E-state index contributed by atoms with van der Waals surface area (Å²) in [6.45, 7) is 7.97. The number of methoxy groups -OCH3 is 1. The number of benzene rings is 2. The third-order valence-corrected chi connectivity index (χ3v) is 7.46. The zero-order valence-electron chi connectivity index (χ0n) is 19.6. The zero-order valence-corrected chi connectivity index (χ0v) is 22.7. The van der Waals surface area contributed by atoms with Crippen molar-refractivity contribution in [1.29, 1.82) is 0 Å². The first kappa shape index (κ1) is 31.4. The van der Waals surface area contributed by atoms with Crippen LogP contribution in [0.5, 0.6) is 5.75 Å². The van der Waals surface area contributed by atoms with Gasteiger partial charge in [-0.25, -0.2) is 4.79 Å². The molecule has 0 fully saturated rings. The first-order valence-electron chi connectivity index (χ1n) is 10.2. The first-order valence-corrected chi connectivity index (χ1v) is 14.4. The molecular weight excluding hydrogens is 616 g/mol. The molecule has 0 heterocycles. The molecule has 200 valence electrons. The van der Waals surface area contributed by atoms with E-state index in [9.17, 15) is 30.0 Å². The molecule has 13 heteroatoms. The van der Waals surface area contributed by atoms with Gasteiger partial charge in [0.2, 0.25) is 0 Å². The van der Waals surface area contributed by atoms with Crippen molar-refractivity contribution in [3.63, 3.8) is 0 Å². The second-order valence-electron chi connectivity index (χ2n) is 7.33. The Bertz CT molecular complexity index is 935. The van der Waals surface area contributed by atoms with Gasteiger partial charge in [-0.3, -0.25) is 0 Å². The van der Waals surface area contributed by atoms with Crippen LogP contribution in [-0.2, 0) is 19.0 Å². The van der Waals surface area contributed by atoms with Crippen LogP contribution in [0.25, 0.3) is 0 Å². The molecule has 0 radical (unpaired) electrons. The predicted octanol–water partition coefficient (Wildman–Crippen LogP) is 3.71. The van der Waals surface area contributed by atoms with Crippen LogP contribution in [0.1, 0.15) is 16.7 Å². The second-order valence-corrected chi connectivity index (χ2v) is 12.1. The molecule has 35 heavy (non-hydrogen) atoms. The molecule has 0 bridgehead atoms. The molecule has 0 aromatic heterocycles. The van der Waals surface area contributed by atoms with Crippen LogP contribution in [0.4, 0.5) is 25.2 Å². The standard InChI is InChI=1S/C22H28IO5.F6P/c1-16-13-17(2)22(18(3)14-16)23-19-5-7-20(8-6-19)28-15-21(24)27-12-11-26-10-9-25-4;1-7(2,3,4,5)6/h5-8,13-14H,9-12,15H2,1-4H3;/q+1;-1. The maximum absolute atomic E-state index is 11.7. The van der Waals surface area contributed by atoms with Gasteiger partial charge < -0.3 is 18.9 Å². The van der Waals surface area contributed by atoms with E-state index >= 15 is 0 Å². The van der Waals surface area contributed by atoms with Gasteiger partial charge >= 0.3 is 60.2 Å². The van der Waals surface area contributed by atoms with Crippen molar-refractivity contribution in [3.05, 3.63) is 60.2 Å². The van der Waals surface area contributed by atoms with Gasteiger partial charge in [-0.15, -0.1) is 0 Å². The minimum absolute atomic E-state index is 0.108. The Morgan fingerprint density at radius 3 is 1.89 bits per heavy atom. The van der Waals surface area contributed by atoms with Gasteiger partial charge in [0.25, 0.3) is 0 Å². The SMILES string of the molecule is COCCOCCOC(=O)COc1ccc([I+]c2c(C)cc(C)cc2C)cc1.F[P-](F)(F)(F)(F)F. The van der Waals surface area contributed by atoms with Gasteiger partial charge in [-0.2, -0.15) is 0 Å². The number of aryl methyl sites for hydroxylation is 3. The summed E-state index contributed by atoms with van der Waals surface area (Å²) in [4.78, 5) is 11.7. The topological polar surface area (TPSA) is 54.0 Å². The van der Waals surface area contributed by atoms with E-state index in [0.717, 1.165) is 0 Å². The van der Waals surface area contributed by atoms with Crippen molar-refractivity contribution in [3.8, 4) is 5.75 Å². The normalized spacial score (nSPS) is 13.2. The van der Waals surface area contributed by atoms with Crippen molar-refractivity contribution >= 4 is 13.8 Å². The Balaban J connectivity index is 0.000000762. The van der Waals surface area contributed by atoms with Crippen molar-refractivity contribution in [1.82, 2.24) is 0 Å². The molecule has 5 nitrogen and oxygen atoms in total. The molecule has 0 aliphatic carbocycles. The van der Waals surface area contributed by atoms with E-state index < -0.39 is 13.8 Å². The molecule has 2 aromatic carbocycles. The summed E-state index contributed by atoms with van der Waals surface area (Å²) in [5.41, 5.74) is 4.03. The van der Waals surface area contributed by atoms with Gasteiger partial charge in [-0.1, -0.05) is 17.7 Å². The third kappa shape index (κ3) is 17.4. The molecule has 2 aromatic rings. The molecule has 0 saturated carbocycles. The number of carbonyl (C=O) groups is 1. The summed E-state index contributed by atoms with van der Waals surface area (Å²) in [6, 6.07) is 12.5. The van der Waals surface area contributed by atoms with Crippen molar-refractivity contribution < 1.29 is 70.1 Å². The molecule has 0 saturated heterocycles. The quantitative estimate of drug-likeness (QED) is 0.123. The predicted molar refractivity (Wildman–Crippen MR) is 117 cm³/mol. The third-order valence-electron chi connectivity index (χ3n) is 3.88. The average Bonchev–Trinajstić information content (AvgIpc) is 2.70. The van der Waals surface area contributed by atoms with E-state index in [1.165, 1.54) is 23.8 Å². The van der Waals surface area contributed by atoms with Crippen molar-refractivity contribution in [2.45, 2.75) is 20.8 Å². The number of hydrogen-bond acceptors (Lipinski definition) is 5. The number of halogens is 7. The van der Waals surface area contributed by atoms with Crippen LogP contribution in [0.15, 0.2) is 36.4 Å². The minimum atomic E-state index is -10.7. The first-order chi connectivity index (χ1) is 15.9. The zero-order chi connectivity index (χ0) is 26.8. The summed E-state index contributed by atoms with van der Waals surface area (Å²) >= 11 is -0.248. The molecule has 0 atom stereocenters. The average molecular weight is 644 g/mol. The van der Waals surface area contributed by atoms with Gasteiger partial charge in [0.15, 0.2) is 13.7 Å². The Kier molecular flexibility index (Phi) is 11.3.